The lowest BCUT2D eigenvalue weighted by Gasteiger charge is -2.49. The van der Waals surface area contributed by atoms with E-state index in [0.717, 1.165) is 26.1 Å². The summed E-state index contributed by atoms with van der Waals surface area (Å²) in [4.78, 5) is 37.8. The van der Waals surface area contributed by atoms with E-state index in [9.17, 15) is 24.9 Å². The Morgan fingerprint density at radius 1 is 0.887 bits per heavy atom. The minimum Gasteiger partial charge on any atom is -0.459 e. The standard InChI is InChI=1S/C46H83N3O13/c1-16-34-46(12,54)38(51)26(4)22-33(50)27(5)24-45(11,56-15)40(29(7)36(30(8)41(53)59-34)60-35-25-44(10,55-14)39(52)31(9)58-35)62-42-37-32(23-28(6)57-42)48(13)43(61-37)47-20-19-21-49(17-2)18-3/h26-32,34-40,42,51-52,54H,16-25H2,1-15H3/t26-,27+,28+,29-,30+,31-,32-,34+,35-,36-,37+,38+,39-,40+,42-,44+,45+,46+/m0/s1. The van der Waals surface area contributed by atoms with Gasteiger partial charge >= 0.3 is 5.97 Å². The predicted molar refractivity (Wildman–Crippen MR) is 233 cm³/mol. The molecule has 0 amide bonds. The van der Waals surface area contributed by atoms with Gasteiger partial charge in [0.05, 0.1) is 53.7 Å². The van der Waals surface area contributed by atoms with E-state index in [1.54, 1.807) is 41.7 Å². The topological polar surface area (TPSA) is 188 Å². The van der Waals surface area contributed by atoms with Crippen molar-refractivity contribution in [1.29, 1.82) is 0 Å². The van der Waals surface area contributed by atoms with Crippen molar-refractivity contribution < 1.29 is 62.8 Å². The van der Waals surface area contributed by atoms with Crippen LogP contribution in [0.3, 0.4) is 0 Å². The van der Waals surface area contributed by atoms with E-state index in [4.69, 9.17) is 42.9 Å². The molecular weight excluding hydrogens is 803 g/mol. The fraction of sp³-hybridized carbons (Fsp3) is 0.935. The molecule has 0 aliphatic carbocycles. The highest BCUT2D eigenvalue weighted by Crippen LogP contribution is 2.42. The number of aliphatic imine (C=N–C) groups is 1. The predicted octanol–water partition coefficient (Wildman–Crippen LogP) is 4.33. The molecule has 4 fully saturated rings. The van der Waals surface area contributed by atoms with Crippen molar-refractivity contribution in [2.75, 3.05) is 47.4 Å². The Hall–Kier alpha value is -1.99. The Bertz CT molecular complexity index is 1480. The van der Waals surface area contributed by atoms with Gasteiger partial charge in [0, 0.05) is 52.5 Å². The molecule has 0 spiro atoms. The Morgan fingerprint density at radius 3 is 2.13 bits per heavy atom. The molecule has 360 valence electrons. The van der Waals surface area contributed by atoms with Crippen LogP contribution in [-0.2, 0) is 47.5 Å². The van der Waals surface area contributed by atoms with E-state index in [1.165, 1.54) is 14.0 Å². The van der Waals surface area contributed by atoms with Crippen LogP contribution >= 0.6 is 0 Å². The molecule has 0 radical (unpaired) electrons. The maximum Gasteiger partial charge on any atom is 0.311 e. The molecule has 0 unspecified atom stereocenters. The number of fused-ring (bicyclic) bond motifs is 1. The molecule has 3 N–H and O–H groups in total. The van der Waals surface area contributed by atoms with E-state index in [2.05, 4.69) is 23.6 Å². The molecule has 0 saturated carbocycles. The number of amidine groups is 1. The summed E-state index contributed by atoms with van der Waals surface area (Å²) >= 11 is 0. The summed E-state index contributed by atoms with van der Waals surface area (Å²) in [5, 5.41) is 34.4. The Morgan fingerprint density at radius 2 is 1.53 bits per heavy atom. The highest BCUT2D eigenvalue weighted by Gasteiger charge is 2.55. The first-order chi connectivity index (χ1) is 29.0. The molecule has 0 aromatic rings. The van der Waals surface area contributed by atoms with Crippen molar-refractivity contribution >= 4 is 17.8 Å². The monoisotopic (exact) mass is 886 g/mol. The average molecular weight is 886 g/mol. The van der Waals surface area contributed by atoms with Gasteiger partial charge in [-0.2, -0.15) is 0 Å². The lowest BCUT2D eigenvalue weighted by atomic mass is 9.76. The number of likely N-dealkylation sites (N-methyl/N-ethyl adjacent to an activating group) is 1. The number of Topliss-reactive ketones (excluding diaryl/α,β-unsaturated/α-hetero) is 1. The molecule has 16 heteroatoms. The second-order valence-corrected chi connectivity index (χ2v) is 19.4. The number of cyclic esters (lactones) is 1. The van der Waals surface area contributed by atoms with Crippen LogP contribution in [0.15, 0.2) is 4.99 Å². The quantitative estimate of drug-likeness (QED) is 0.175. The zero-order chi connectivity index (χ0) is 46.5. The van der Waals surface area contributed by atoms with E-state index in [1.807, 2.05) is 34.7 Å². The van der Waals surface area contributed by atoms with Crippen LogP contribution < -0.4 is 0 Å². The summed E-state index contributed by atoms with van der Waals surface area (Å²) in [7, 11) is 5.08. The molecule has 4 aliphatic rings. The smallest absolute Gasteiger partial charge is 0.311 e. The first kappa shape index (κ1) is 52.6. The van der Waals surface area contributed by atoms with Crippen LogP contribution in [-0.4, -0.2) is 175 Å². The second-order valence-electron chi connectivity index (χ2n) is 19.4. The van der Waals surface area contributed by atoms with Crippen LogP contribution in [0.1, 0.15) is 122 Å². The molecule has 16 nitrogen and oxygen atoms in total. The van der Waals surface area contributed by atoms with Crippen LogP contribution in [0.2, 0.25) is 0 Å². The highest BCUT2D eigenvalue weighted by molar-refractivity contribution is 5.81. The Kier molecular flexibility index (Phi) is 18.7. The van der Waals surface area contributed by atoms with Gasteiger partial charge < -0.3 is 63.0 Å². The number of nitrogens with zero attached hydrogens (tertiary/aromatic N) is 3. The summed E-state index contributed by atoms with van der Waals surface area (Å²) in [6, 6.07) is 0.414. The maximum absolute atomic E-state index is 14.5. The number of hydrogen-bond donors (Lipinski definition) is 3. The van der Waals surface area contributed by atoms with Gasteiger partial charge in [0.2, 0.25) is 0 Å². The van der Waals surface area contributed by atoms with E-state index >= 15 is 0 Å². The molecule has 4 heterocycles. The molecule has 0 aromatic carbocycles. The van der Waals surface area contributed by atoms with Crippen molar-refractivity contribution in [2.24, 2.45) is 28.7 Å². The fourth-order valence-corrected chi connectivity index (χ4v) is 10.2. The normalized spacial score (nSPS) is 44.7. The number of hydrogen-bond acceptors (Lipinski definition) is 15. The van der Waals surface area contributed by atoms with Crippen molar-refractivity contribution in [2.45, 2.75) is 206 Å². The van der Waals surface area contributed by atoms with Crippen LogP contribution in [0.4, 0.5) is 0 Å². The van der Waals surface area contributed by atoms with E-state index in [-0.39, 0.29) is 43.6 Å². The number of esters is 1. The van der Waals surface area contributed by atoms with Gasteiger partial charge in [0.25, 0.3) is 6.02 Å². The number of methoxy groups -OCH3 is 2. The second kappa shape index (κ2) is 22.0. The SMILES string of the molecule is CC[C@H]1OC(=O)[C@H](C)[C@@H](O[C@H]2C[C@@](C)(OC)[C@@H](O)[C@H](C)O2)[C@H](C)[C@@H](O[C@@H]2O[C@H](C)C[C@H]3[C@H]2OC(=NCCCN(CC)CC)N3C)[C@](C)(OC)C[C@@H](C)C(=O)C[C@H](C)[C@@H](O)[C@]1(C)O. The zero-order valence-electron chi connectivity index (χ0n) is 40.5. The third-order valence-electron chi connectivity index (χ3n) is 14.6. The van der Waals surface area contributed by atoms with E-state index < -0.39 is 102 Å². The van der Waals surface area contributed by atoms with Gasteiger partial charge in [-0.25, -0.2) is 4.99 Å². The molecule has 62 heavy (non-hydrogen) atoms. The number of carbonyl (C=O) groups excluding carboxylic acids is 2. The van der Waals surface area contributed by atoms with Crippen molar-refractivity contribution in [3.63, 3.8) is 0 Å². The van der Waals surface area contributed by atoms with Gasteiger partial charge in [-0.05, 0) is 92.8 Å². The molecule has 4 rings (SSSR count). The molecule has 0 aromatic heterocycles. The summed E-state index contributed by atoms with van der Waals surface area (Å²) in [5.74, 6) is -3.73. The molecule has 18 atom stereocenters. The number of aliphatic hydroxyl groups excluding tert-OH is 2. The van der Waals surface area contributed by atoms with Gasteiger partial charge in [0.1, 0.15) is 23.6 Å². The first-order valence-electron chi connectivity index (χ1n) is 23.2. The minimum absolute atomic E-state index is 0.0303. The molecular formula is C46H83N3O13. The summed E-state index contributed by atoms with van der Waals surface area (Å²) in [5.41, 5.74) is -4.10. The number of carbonyl (C=O) groups is 2. The third kappa shape index (κ3) is 11.7. The maximum atomic E-state index is 14.5. The van der Waals surface area contributed by atoms with Crippen molar-refractivity contribution in [3.05, 3.63) is 0 Å². The zero-order valence-corrected chi connectivity index (χ0v) is 40.5. The average Bonchev–Trinajstić information content (AvgIpc) is 3.55. The summed E-state index contributed by atoms with van der Waals surface area (Å²) in [6.45, 7) is 25.6. The summed E-state index contributed by atoms with van der Waals surface area (Å²) < 4.78 is 51.9. The Labute approximate surface area is 371 Å². The van der Waals surface area contributed by atoms with Crippen molar-refractivity contribution in [1.82, 2.24) is 9.80 Å². The lowest BCUT2D eigenvalue weighted by Crippen LogP contribution is -2.60. The summed E-state index contributed by atoms with van der Waals surface area (Å²) in [6.07, 6.45) is -6.61. The number of ether oxygens (including phenoxy) is 8. The molecule has 0 bridgehead atoms. The molecule has 4 saturated heterocycles. The van der Waals surface area contributed by atoms with Gasteiger partial charge in [-0.3, -0.25) is 9.59 Å². The number of aliphatic hydroxyl groups is 3. The molecule has 4 aliphatic heterocycles. The number of rotatable bonds is 13. The van der Waals surface area contributed by atoms with Crippen LogP contribution in [0.25, 0.3) is 0 Å². The van der Waals surface area contributed by atoms with E-state index in [0.29, 0.717) is 19.0 Å². The first-order valence-corrected chi connectivity index (χ1v) is 23.2. The van der Waals surface area contributed by atoms with Crippen molar-refractivity contribution in [3.8, 4) is 0 Å². The van der Waals surface area contributed by atoms with Crippen LogP contribution in [0, 0.1) is 23.7 Å². The van der Waals surface area contributed by atoms with Gasteiger partial charge in [-0.15, -0.1) is 0 Å². The van der Waals surface area contributed by atoms with Gasteiger partial charge in [0.15, 0.2) is 18.7 Å². The fourth-order valence-electron chi connectivity index (χ4n) is 10.2. The van der Waals surface area contributed by atoms with Gasteiger partial charge in [-0.1, -0.05) is 41.5 Å². The lowest BCUT2D eigenvalue weighted by molar-refractivity contribution is -0.315. The largest absolute Gasteiger partial charge is 0.459 e. The number of ketones is 1. The van der Waals surface area contributed by atoms with Crippen LogP contribution in [0.5, 0.6) is 0 Å². The minimum atomic E-state index is -1.88. The highest BCUT2D eigenvalue weighted by atomic mass is 16.7. The third-order valence-corrected chi connectivity index (χ3v) is 14.6. The Balaban J connectivity index is 1.82.